The Balaban J connectivity index is 1.25. The minimum Gasteiger partial charge on any atom is -0.383 e. The van der Waals surface area contributed by atoms with Crippen LogP contribution in [-0.2, 0) is 4.74 Å². The molecule has 0 saturated heterocycles. The Morgan fingerprint density at radius 2 is 2.03 bits per heavy atom. The van der Waals surface area contributed by atoms with Gasteiger partial charge in [0, 0.05) is 36.6 Å². The summed E-state index contributed by atoms with van der Waals surface area (Å²) in [6.07, 6.45) is 9.61. The van der Waals surface area contributed by atoms with Crippen molar-refractivity contribution in [2.75, 3.05) is 31.6 Å². The maximum absolute atomic E-state index is 13.0. The Kier molecular flexibility index (Phi) is 6.64. The highest BCUT2D eigenvalue weighted by molar-refractivity contribution is 7.13. The van der Waals surface area contributed by atoms with Crippen LogP contribution in [0.4, 0.5) is 10.1 Å². The van der Waals surface area contributed by atoms with Gasteiger partial charge in [0.05, 0.1) is 35.6 Å². The Labute approximate surface area is 201 Å². The molecule has 2 aromatic carbocycles. The number of fused-ring (bicyclic) bond motifs is 1. The number of rotatable bonds is 7. The molecule has 1 unspecified atom stereocenters. The second kappa shape index (κ2) is 10.1. The summed E-state index contributed by atoms with van der Waals surface area (Å²) >= 11 is 1.48. The first-order chi connectivity index (χ1) is 16.7. The number of nitrogens with one attached hydrogen (secondary N) is 2. The number of ether oxygens (including phenoxy) is 1. The fourth-order valence-electron chi connectivity index (χ4n) is 3.84. The molecular formula is C25H25FN6OS. The molecule has 9 heteroatoms. The van der Waals surface area contributed by atoms with Crippen molar-refractivity contribution >= 4 is 39.2 Å². The predicted octanol–water partition coefficient (Wildman–Crippen LogP) is 4.44. The molecule has 4 aromatic rings. The minimum atomic E-state index is -0.242. The molecule has 0 fully saturated rings. The van der Waals surface area contributed by atoms with Crippen molar-refractivity contribution in [3.05, 3.63) is 78.3 Å². The molecule has 0 bridgehead atoms. The standard InChI is InChI=1S/C25H25FN6OS/c1-17-15-32(16-30-17)22-8-2-18(21-14-31-34-24(21)22)3-9-23-25(29-12-13-33-23)28-11-10-27-20-6-4-19(26)5-7-20/h2-9,14-16,23,27H,10-13H2,1H3,(H,28,29). The Hall–Kier alpha value is -3.56. The van der Waals surface area contributed by atoms with Crippen LogP contribution in [0, 0.1) is 12.7 Å². The molecular weight excluding hydrogens is 451 g/mol. The number of nitrogens with zero attached hydrogens (tertiary/aromatic N) is 4. The SMILES string of the molecule is Cc1cn(-c2ccc(C=CC3OCCN=C3NCCNc3ccc(F)cc3)c3cnsc23)cn1. The van der Waals surface area contributed by atoms with Gasteiger partial charge in [-0.25, -0.2) is 9.37 Å². The van der Waals surface area contributed by atoms with Crippen LogP contribution < -0.4 is 10.6 Å². The third-order valence-electron chi connectivity index (χ3n) is 5.52. The molecule has 34 heavy (non-hydrogen) atoms. The van der Waals surface area contributed by atoms with E-state index < -0.39 is 0 Å². The van der Waals surface area contributed by atoms with Crippen molar-refractivity contribution < 1.29 is 9.13 Å². The molecule has 174 valence electrons. The summed E-state index contributed by atoms with van der Waals surface area (Å²) in [6, 6.07) is 10.5. The van der Waals surface area contributed by atoms with E-state index in [4.69, 9.17) is 4.74 Å². The number of aliphatic imine (C=N–C) groups is 1. The van der Waals surface area contributed by atoms with E-state index in [-0.39, 0.29) is 11.9 Å². The van der Waals surface area contributed by atoms with Gasteiger partial charge in [-0.05, 0) is 60.4 Å². The van der Waals surface area contributed by atoms with Crippen molar-refractivity contribution in [3.8, 4) is 5.69 Å². The molecule has 1 aliphatic heterocycles. The molecule has 3 heterocycles. The predicted molar refractivity (Wildman–Crippen MR) is 135 cm³/mol. The van der Waals surface area contributed by atoms with Crippen molar-refractivity contribution in [1.29, 1.82) is 0 Å². The second-order valence-electron chi connectivity index (χ2n) is 7.94. The summed E-state index contributed by atoms with van der Waals surface area (Å²) in [7, 11) is 0. The van der Waals surface area contributed by atoms with Crippen LogP contribution in [-0.4, -0.2) is 52.1 Å². The second-order valence-corrected chi connectivity index (χ2v) is 8.74. The fourth-order valence-corrected chi connectivity index (χ4v) is 4.64. The van der Waals surface area contributed by atoms with Crippen LogP contribution in [0.25, 0.3) is 21.8 Å². The summed E-state index contributed by atoms with van der Waals surface area (Å²) < 4.78 is 26.6. The van der Waals surface area contributed by atoms with Gasteiger partial charge in [-0.15, -0.1) is 0 Å². The summed E-state index contributed by atoms with van der Waals surface area (Å²) in [5.74, 6) is 0.572. The van der Waals surface area contributed by atoms with Crippen LogP contribution >= 0.6 is 11.5 Å². The van der Waals surface area contributed by atoms with Gasteiger partial charge in [-0.2, -0.15) is 4.37 Å². The van der Waals surface area contributed by atoms with E-state index >= 15 is 0 Å². The molecule has 0 amide bonds. The van der Waals surface area contributed by atoms with Gasteiger partial charge in [0.2, 0.25) is 0 Å². The lowest BCUT2D eigenvalue weighted by Gasteiger charge is -2.22. The molecule has 0 radical (unpaired) electrons. The van der Waals surface area contributed by atoms with Crippen molar-refractivity contribution in [1.82, 2.24) is 19.2 Å². The smallest absolute Gasteiger partial charge is 0.133 e. The molecule has 1 aliphatic rings. The van der Waals surface area contributed by atoms with E-state index in [0.29, 0.717) is 26.2 Å². The molecule has 5 rings (SSSR count). The zero-order chi connectivity index (χ0) is 23.3. The molecule has 1 atom stereocenters. The molecule has 0 aliphatic carbocycles. The Morgan fingerprint density at radius 1 is 1.18 bits per heavy atom. The number of aryl methyl sites for hydroxylation is 1. The van der Waals surface area contributed by atoms with Gasteiger partial charge in [0.15, 0.2) is 0 Å². The van der Waals surface area contributed by atoms with E-state index in [0.717, 1.165) is 38.6 Å². The van der Waals surface area contributed by atoms with Gasteiger partial charge < -0.3 is 19.9 Å². The third kappa shape index (κ3) is 5.00. The topological polar surface area (TPSA) is 76.4 Å². The number of halogens is 1. The van der Waals surface area contributed by atoms with E-state index in [1.165, 1.54) is 23.7 Å². The van der Waals surface area contributed by atoms with Gasteiger partial charge in [-0.3, -0.25) is 4.99 Å². The van der Waals surface area contributed by atoms with Crippen LogP contribution in [0.5, 0.6) is 0 Å². The van der Waals surface area contributed by atoms with Gasteiger partial charge in [-0.1, -0.05) is 12.1 Å². The molecule has 7 nitrogen and oxygen atoms in total. The summed E-state index contributed by atoms with van der Waals surface area (Å²) in [5.41, 5.74) is 4.00. The lowest BCUT2D eigenvalue weighted by atomic mass is 10.1. The molecule has 2 N–H and O–H groups in total. The highest BCUT2D eigenvalue weighted by Crippen LogP contribution is 2.30. The highest BCUT2D eigenvalue weighted by atomic mass is 32.1. The fraction of sp³-hybridized carbons (Fsp3) is 0.240. The monoisotopic (exact) mass is 476 g/mol. The number of aromatic nitrogens is 3. The Bertz CT molecular complexity index is 1330. The van der Waals surface area contributed by atoms with Crippen LogP contribution in [0.2, 0.25) is 0 Å². The summed E-state index contributed by atoms with van der Waals surface area (Å²) in [4.78, 5) is 8.96. The maximum atomic E-state index is 13.0. The third-order valence-corrected chi connectivity index (χ3v) is 6.34. The van der Waals surface area contributed by atoms with E-state index in [1.807, 2.05) is 36.3 Å². The number of imidazole rings is 1. The van der Waals surface area contributed by atoms with Crippen molar-refractivity contribution in [2.24, 2.45) is 4.99 Å². The van der Waals surface area contributed by atoms with Gasteiger partial charge >= 0.3 is 0 Å². The molecule has 0 saturated carbocycles. The van der Waals surface area contributed by atoms with Crippen LogP contribution in [0.15, 0.2) is 66.2 Å². The number of benzene rings is 2. The van der Waals surface area contributed by atoms with Crippen molar-refractivity contribution in [2.45, 2.75) is 13.0 Å². The average Bonchev–Trinajstić information content (AvgIpc) is 3.52. The van der Waals surface area contributed by atoms with E-state index in [1.54, 1.807) is 12.1 Å². The zero-order valence-electron chi connectivity index (χ0n) is 18.7. The van der Waals surface area contributed by atoms with Crippen molar-refractivity contribution in [3.63, 3.8) is 0 Å². The summed E-state index contributed by atoms with van der Waals surface area (Å²) in [5, 5.41) is 7.73. The van der Waals surface area contributed by atoms with Crippen LogP contribution in [0.3, 0.4) is 0 Å². The number of hydrogen-bond acceptors (Lipinski definition) is 7. The first-order valence-corrected chi connectivity index (χ1v) is 11.9. The maximum Gasteiger partial charge on any atom is 0.133 e. The molecule has 0 spiro atoms. The highest BCUT2D eigenvalue weighted by Gasteiger charge is 2.17. The average molecular weight is 477 g/mol. The first-order valence-electron chi connectivity index (χ1n) is 11.1. The largest absolute Gasteiger partial charge is 0.383 e. The number of hydrogen-bond donors (Lipinski definition) is 2. The lowest BCUT2D eigenvalue weighted by Crippen LogP contribution is -2.41. The minimum absolute atomic E-state index is 0.239. The molecule has 2 aromatic heterocycles. The normalized spacial score (nSPS) is 16.2. The Morgan fingerprint density at radius 3 is 2.85 bits per heavy atom. The van der Waals surface area contributed by atoms with E-state index in [9.17, 15) is 4.39 Å². The number of amidine groups is 1. The first kappa shape index (κ1) is 22.2. The zero-order valence-corrected chi connectivity index (χ0v) is 19.6. The number of anilines is 1. The van der Waals surface area contributed by atoms with Gasteiger partial charge in [0.25, 0.3) is 0 Å². The van der Waals surface area contributed by atoms with E-state index in [2.05, 4.69) is 43.2 Å². The quantitative estimate of drug-likeness (QED) is 0.386. The summed E-state index contributed by atoms with van der Waals surface area (Å²) in [6.45, 7) is 4.55. The van der Waals surface area contributed by atoms with Gasteiger partial charge in [0.1, 0.15) is 17.8 Å². The lowest BCUT2D eigenvalue weighted by molar-refractivity contribution is 0.122. The van der Waals surface area contributed by atoms with Crippen LogP contribution in [0.1, 0.15) is 11.3 Å².